The van der Waals surface area contributed by atoms with Gasteiger partial charge in [0.1, 0.15) is 0 Å². The smallest absolute Gasteiger partial charge is 0.0439 e. The maximum Gasteiger partial charge on any atom is 0.0439 e. The second-order valence-corrected chi connectivity index (χ2v) is 8.04. The highest BCUT2D eigenvalue weighted by molar-refractivity contribution is 7.85. The van der Waals surface area contributed by atoms with Gasteiger partial charge >= 0.3 is 0 Å². The second-order valence-electron chi connectivity index (χ2n) is 6.28. The van der Waals surface area contributed by atoms with Crippen molar-refractivity contribution in [1.29, 1.82) is 0 Å². The first-order valence-corrected chi connectivity index (χ1v) is 9.67. The summed E-state index contributed by atoms with van der Waals surface area (Å²) in [7, 11) is -0.716. The standard InChI is InChI=1S/C18H29NOS/c1-4-19-18(17-12-14(2)10-11-15(17)3)13-21(20)16-8-6-5-7-9-16/h10-12,16,18-19H,4-9,13H2,1-3H3. The zero-order chi connectivity index (χ0) is 15.2. The third-order valence-corrected chi connectivity index (χ3v) is 6.39. The predicted molar refractivity (Wildman–Crippen MR) is 92.2 cm³/mol. The maximum absolute atomic E-state index is 12.7. The van der Waals surface area contributed by atoms with Crippen LogP contribution in [0.5, 0.6) is 0 Å². The van der Waals surface area contributed by atoms with Gasteiger partial charge in [-0.25, -0.2) is 0 Å². The van der Waals surface area contributed by atoms with Gasteiger partial charge < -0.3 is 5.32 Å². The van der Waals surface area contributed by atoms with Gasteiger partial charge in [-0.3, -0.25) is 4.21 Å². The van der Waals surface area contributed by atoms with Crippen molar-refractivity contribution in [2.75, 3.05) is 12.3 Å². The zero-order valence-corrected chi connectivity index (χ0v) is 14.5. The third kappa shape index (κ3) is 4.65. The molecule has 0 amide bonds. The minimum Gasteiger partial charge on any atom is -0.309 e. The molecule has 1 aliphatic rings. The van der Waals surface area contributed by atoms with E-state index in [-0.39, 0.29) is 6.04 Å². The molecular weight excluding hydrogens is 278 g/mol. The number of benzene rings is 1. The van der Waals surface area contributed by atoms with Crippen molar-refractivity contribution in [3.8, 4) is 0 Å². The third-order valence-electron chi connectivity index (χ3n) is 4.52. The van der Waals surface area contributed by atoms with E-state index in [0.29, 0.717) is 5.25 Å². The number of nitrogens with one attached hydrogen (secondary N) is 1. The van der Waals surface area contributed by atoms with Crippen LogP contribution >= 0.6 is 0 Å². The molecule has 1 fully saturated rings. The lowest BCUT2D eigenvalue weighted by atomic mass is 10.00. The van der Waals surface area contributed by atoms with Crippen LogP contribution in [0.25, 0.3) is 0 Å². The van der Waals surface area contributed by atoms with Crippen molar-refractivity contribution >= 4 is 10.8 Å². The zero-order valence-electron chi connectivity index (χ0n) is 13.7. The molecule has 0 bridgehead atoms. The van der Waals surface area contributed by atoms with E-state index in [1.165, 1.54) is 36.0 Å². The van der Waals surface area contributed by atoms with Crippen LogP contribution in [0.15, 0.2) is 18.2 Å². The summed E-state index contributed by atoms with van der Waals surface area (Å²) in [5, 5.41) is 3.97. The molecule has 1 aliphatic carbocycles. The van der Waals surface area contributed by atoms with Gasteiger partial charge in [0.2, 0.25) is 0 Å². The Labute approximate surface area is 132 Å². The Balaban J connectivity index is 2.11. The number of aryl methyl sites for hydroxylation is 2. The summed E-state index contributed by atoms with van der Waals surface area (Å²) >= 11 is 0. The quantitative estimate of drug-likeness (QED) is 0.859. The molecule has 1 N–H and O–H groups in total. The Bertz CT molecular complexity index is 480. The van der Waals surface area contributed by atoms with E-state index in [1.54, 1.807) is 0 Å². The van der Waals surface area contributed by atoms with Crippen LogP contribution in [-0.2, 0) is 10.8 Å². The molecule has 0 radical (unpaired) electrons. The van der Waals surface area contributed by atoms with Crippen LogP contribution in [0.2, 0.25) is 0 Å². The average Bonchev–Trinajstić information content (AvgIpc) is 2.50. The Kier molecular flexibility index (Phi) is 6.43. The minimum atomic E-state index is -0.716. The van der Waals surface area contributed by atoms with E-state index >= 15 is 0 Å². The fourth-order valence-corrected chi connectivity index (χ4v) is 5.03. The van der Waals surface area contributed by atoms with E-state index in [1.807, 2.05) is 0 Å². The molecule has 1 saturated carbocycles. The van der Waals surface area contributed by atoms with Crippen LogP contribution in [0.1, 0.15) is 61.8 Å². The molecule has 0 aromatic heterocycles. The van der Waals surface area contributed by atoms with Crippen LogP contribution in [0.4, 0.5) is 0 Å². The van der Waals surface area contributed by atoms with Gasteiger partial charge in [-0.15, -0.1) is 0 Å². The van der Waals surface area contributed by atoms with Gasteiger partial charge in [0, 0.05) is 27.8 Å². The number of rotatable bonds is 6. The molecule has 0 heterocycles. The molecule has 0 saturated heterocycles. The van der Waals surface area contributed by atoms with E-state index in [2.05, 4.69) is 44.3 Å². The van der Waals surface area contributed by atoms with Crippen molar-refractivity contribution < 1.29 is 4.21 Å². The van der Waals surface area contributed by atoms with E-state index in [0.717, 1.165) is 25.1 Å². The van der Waals surface area contributed by atoms with Crippen molar-refractivity contribution in [3.05, 3.63) is 34.9 Å². The lowest BCUT2D eigenvalue weighted by molar-refractivity contribution is 0.501. The van der Waals surface area contributed by atoms with Crippen molar-refractivity contribution in [2.45, 2.75) is 64.2 Å². The van der Waals surface area contributed by atoms with Crippen molar-refractivity contribution in [3.63, 3.8) is 0 Å². The van der Waals surface area contributed by atoms with Crippen molar-refractivity contribution in [1.82, 2.24) is 5.32 Å². The molecule has 2 unspecified atom stereocenters. The summed E-state index contributed by atoms with van der Waals surface area (Å²) in [6, 6.07) is 6.80. The highest BCUT2D eigenvalue weighted by atomic mass is 32.2. The minimum absolute atomic E-state index is 0.220. The fourth-order valence-electron chi connectivity index (χ4n) is 3.27. The van der Waals surface area contributed by atoms with E-state index < -0.39 is 10.8 Å². The van der Waals surface area contributed by atoms with Gasteiger partial charge in [-0.2, -0.15) is 0 Å². The summed E-state index contributed by atoms with van der Waals surface area (Å²) < 4.78 is 12.7. The predicted octanol–water partition coefficient (Wildman–Crippen LogP) is 4.04. The van der Waals surface area contributed by atoms with Gasteiger partial charge in [0.25, 0.3) is 0 Å². The molecule has 2 atom stereocenters. The first kappa shape index (κ1) is 16.7. The summed E-state index contributed by atoms with van der Waals surface area (Å²) in [4.78, 5) is 0. The topological polar surface area (TPSA) is 29.1 Å². The molecule has 1 aromatic carbocycles. The van der Waals surface area contributed by atoms with Gasteiger partial charge in [0.05, 0.1) is 0 Å². The van der Waals surface area contributed by atoms with E-state index in [9.17, 15) is 4.21 Å². The second kappa shape index (κ2) is 8.09. The van der Waals surface area contributed by atoms with Gasteiger partial charge in [0.15, 0.2) is 0 Å². The largest absolute Gasteiger partial charge is 0.309 e. The molecular formula is C18H29NOS. The Morgan fingerprint density at radius 1 is 1.24 bits per heavy atom. The Hall–Kier alpha value is -0.670. The molecule has 0 aliphatic heterocycles. The number of hydrogen-bond donors (Lipinski definition) is 1. The summed E-state index contributed by atoms with van der Waals surface area (Å²) in [6.07, 6.45) is 6.13. The molecule has 118 valence electrons. The Morgan fingerprint density at radius 3 is 2.62 bits per heavy atom. The molecule has 0 spiro atoms. The lowest BCUT2D eigenvalue weighted by Crippen LogP contribution is -2.31. The molecule has 1 aromatic rings. The van der Waals surface area contributed by atoms with Gasteiger partial charge in [-0.1, -0.05) is 49.9 Å². The van der Waals surface area contributed by atoms with Crippen LogP contribution in [-0.4, -0.2) is 21.8 Å². The van der Waals surface area contributed by atoms with Crippen LogP contribution < -0.4 is 5.32 Å². The Morgan fingerprint density at radius 2 is 1.95 bits per heavy atom. The first-order valence-electron chi connectivity index (χ1n) is 8.29. The highest BCUT2D eigenvalue weighted by Crippen LogP contribution is 2.26. The molecule has 21 heavy (non-hydrogen) atoms. The van der Waals surface area contributed by atoms with E-state index in [4.69, 9.17) is 0 Å². The lowest BCUT2D eigenvalue weighted by Gasteiger charge is -2.25. The SMILES string of the molecule is CCNC(CS(=O)C1CCCCC1)c1cc(C)ccc1C. The summed E-state index contributed by atoms with van der Waals surface area (Å²) in [5.41, 5.74) is 3.90. The van der Waals surface area contributed by atoms with Crippen molar-refractivity contribution in [2.24, 2.45) is 0 Å². The first-order chi connectivity index (χ1) is 10.1. The van der Waals surface area contributed by atoms with Crippen LogP contribution in [0, 0.1) is 13.8 Å². The average molecular weight is 308 g/mol. The molecule has 2 rings (SSSR count). The normalized spacial score (nSPS) is 19.4. The van der Waals surface area contributed by atoms with Crippen LogP contribution in [0.3, 0.4) is 0 Å². The highest BCUT2D eigenvalue weighted by Gasteiger charge is 2.23. The number of hydrogen-bond acceptors (Lipinski definition) is 2. The monoisotopic (exact) mass is 307 g/mol. The fraction of sp³-hybridized carbons (Fsp3) is 0.667. The molecule has 3 heteroatoms. The summed E-state index contributed by atoms with van der Waals surface area (Å²) in [6.45, 7) is 7.33. The molecule has 2 nitrogen and oxygen atoms in total. The summed E-state index contributed by atoms with van der Waals surface area (Å²) in [5.74, 6) is 0.753. The van der Waals surface area contributed by atoms with Gasteiger partial charge in [-0.05, 0) is 44.4 Å². The maximum atomic E-state index is 12.7.